The van der Waals surface area contributed by atoms with E-state index >= 15 is 0 Å². The minimum atomic E-state index is 0.347. The minimum Gasteiger partial charge on any atom is -0.489 e. The largest absolute Gasteiger partial charge is 0.489 e. The molecule has 0 N–H and O–H groups in total. The second-order valence-electron chi connectivity index (χ2n) is 9.27. The second kappa shape index (κ2) is 10.9. The van der Waals surface area contributed by atoms with Gasteiger partial charge in [-0.15, -0.1) is 0 Å². The summed E-state index contributed by atoms with van der Waals surface area (Å²) < 4.78 is 9.85. The van der Waals surface area contributed by atoms with E-state index in [9.17, 15) is 5.26 Å². The van der Waals surface area contributed by atoms with Gasteiger partial charge < -0.3 is 9.30 Å². The molecule has 0 saturated carbocycles. The zero-order valence-corrected chi connectivity index (χ0v) is 22.5. The average molecular weight is 542 g/mol. The third-order valence-corrected chi connectivity index (χ3v) is 7.04. The van der Waals surface area contributed by atoms with E-state index in [-0.39, 0.29) is 0 Å². The first kappa shape index (κ1) is 25.2. The highest BCUT2D eigenvalue weighted by atomic mass is 35.5. The molecule has 0 radical (unpaired) electrons. The van der Waals surface area contributed by atoms with Crippen LogP contribution in [0.4, 0.5) is 0 Å². The van der Waals surface area contributed by atoms with Crippen molar-refractivity contribution >= 4 is 34.3 Å². The first-order valence-electron chi connectivity index (χ1n) is 12.8. The van der Waals surface area contributed by atoms with E-state index in [4.69, 9.17) is 26.4 Å². The molecule has 0 aliphatic rings. The van der Waals surface area contributed by atoms with Gasteiger partial charge in [0.25, 0.3) is 0 Å². The van der Waals surface area contributed by atoms with Crippen molar-refractivity contribution in [2.24, 2.45) is 7.05 Å². The quantitative estimate of drug-likeness (QED) is 0.194. The number of nitrogens with zero attached hydrogens (tertiary/aromatic N) is 5. The molecule has 6 aromatic rings. The summed E-state index contributed by atoms with van der Waals surface area (Å²) in [5.41, 5.74) is 6.43. The van der Waals surface area contributed by atoms with Crippen LogP contribution in [-0.2, 0) is 13.7 Å². The number of hydrogen-bond acceptors (Lipinski definition) is 4. The molecule has 0 unspecified atom stereocenters. The molecule has 6 nitrogen and oxygen atoms in total. The van der Waals surface area contributed by atoms with Gasteiger partial charge in [-0.05, 0) is 48.5 Å². The molecule has 0 aliphatic carbocycles. The molecule has 0 aliphatic heterocycles. The Morgan fingerprint density at radius 3 is 2.52 bits per heavy atom. The third kappa shape index (κ3) is 4.98. The van der Waals surface area contributed by atoms with Gasteiger partial charge in [0.2, 0.25) is 0 Å². The van der Waals surface area contributed by atoms with Crippen molar-refractivity contribution in [2.45, 2.75) is 6.61 Å². The maximum Gasteiger partial charge on any atom is 0.151 e. The summed E-state index contributed by atoms with van der Waals surface area (Å²) in [7, 11) is 1.92. The third-order valence-electron chi connectivity index (χ3n) is 6.67. The Hall–Kier alpha value is -5.12. The normalized spacial score (nSPS) is 11.5. The van der Waals surface area contributed by atoms with Crippen molar-refractivity contribution in [1.29, 1.82) is 5.26 Å². The number of fused-ring (bicyclic) bond motifs is 1. The summed E-state index contributed by atoms with van der Waals surface area (Å²) in [5, 5.41) is 15.8. The fourth-order valence-corrected chi connectivity index (χ4v) is 4.82. The van der Waals surface area contributed by atoms with Gasteiger partial charge in [0.05, 0.1) is 22.3 Å². The maximum atomic E-state index is 10.2. The van der Waals surface area contributed by atoms with Gasteiger partial charge >= 0.3 is 0 Å². The van der Waals surface area contributed by atoms with Crippen molar-refractivity contribution in [1.82, 2.24) is 19.3 Å². The first-order valence-corrected chi connectivity index (χ1v) is 13.1. The molecule has 194 valence electrons. The molecule has 6 rings (SSSR count). The van der Waals surface area contributed by atoms with Gasteiger partial charge in [0, 0.05) is 35.0 Å². The lowest BCUT2D eigenvalue weighted by atomic mass is 10.1. The van der Waals surface area contributed by atoms with Crippen LogP contribution in [0.3, 0.4) is 0 Å². The number of imidazole rings is 1. The highest BCUT2D eigenvalue weighted by Gasteiger charge is 2.17. The first-order chi connectivity index (χ1) is 19.6. The molecule has 0 amide bonds. The second-order valence-corrected chi connectivity index (χ2v) is 9.68. The van der Waals surface area contributed by atoms with E-state index in [1.807, 2.05) is 132 Å². The van der Waals surface area contributed by atoms with Crippen molar-refractivity contribution in [2.75, 3.05) is 0 Å². The van der Waals surface area contributed by atoms with E-state index < -0.39 is 0 Å². The molecule has 0 fully saturated rings. The number of hydrogen-bond donors (Lipinski definition) is 0. The summed E-state index contributed by atoms with van der Waals surface area (Å²) in [6.07, 6.45) is 3.78. The van der Waals surface area contributed by atoms with Gasteiger partial charge in [-0.1, -0.05) is 72.3 Å². The molecular formula is C33H24ClN5O. The molecule has 0 bridgehead atoms. The Kier molecular flexibility index (Phi) is 6.88. The predicted molar refractivity (Wildman–Crippen MR) is 159 cm³/mol. The number of ether oxygens (including phenoxy) is 1. The lowest BCUT2D eigenvalue weighted by Crippen LogP contribution is -1.97. The summed E-state index contributed by atoms with van der Waals surface area (Å²) in [6.45, 7) is 0.347. The van der Waals surface area contributed by atoms with Crippen LogP contribution in [0.2, 0.25) is 5.02 Å². The van der Waals surface area contributed by atoms with E-state index in [0.717, 1.165) is 39.1 Å². The molecule has 2 aromatic heterocycles. The molecule has 0 atom stereocenters. The van der Waals surface area contributed by atoms with Crippen LogP contribution in [0.25, 0.3) is 39.6 Å². The Morgan fingerprint density at radius 2 is 1.73 bits per heavy atom. The van der Waals surface area contributed by atoms with Gasteiger partial charge in [0.15, 0.2) is 5.82 Å². The van der Waals surface area contributed by atoms with E-state index in [2.05, 4.69) is 6.07 Å². The number of aromatic nitrogens is 4. The number of halogens is 1. The van der Waals surface area contributed by atoms with E-state index in [0.29, 0.717) is 28.8 Å². The van der Waals surface area contributed by atoms with Gasteiger partial charge in [0.1, 0.15) is 24.1 Å². The molecule has 4 aromatic carbocycles. The molecule has 2 heterocycles. The monoisotopic (exact) mass is 541 g/mol. The smallest absolute Gasteiger partial charge is 0.151 e. The lowest BCUT2D eigenvalue weighted by molar-refractivity contribution is 0.306. The van der Waals surface area contributed by atoms with Crippen molar-refractivity contribution in [3.63, 3.8) is 0 Å². The molecule has 0 saturated heterocycles. The number of para-hydroxylation sites is 3. The van der Waals surface area contributed by atoms with Gasteiger partial charge in [-0.3, -0.25) is 0 Å². The van der Waals surface area contributed by atoms with Crippen LogP contribution in [0.1, 0.15) is 17.0 Å². The van der Waals surface area contributed by atoms with E-state index in [1.54, 1.807) is 0 Å². The van der Waals surface area contributed by atoms with Crippen LogP contribution in [0, 0.1) is 11.3 Å². The number of rotatable bonds is 7. The van der Waals surface area contributed by atoms with Gasteiger partial charge in [-0.25, -0.2) is 9.67 Å². The molecule has 0 spiro atoms. The van der Waals surface area contributed by atoms with Gasteiger partial charge in [-0.2, -0.15) is 10.4 Å². The van der Waals surface area contributed by atoms with Crippen molar-refractivity contribution in [3.8, 4) is 28.8 Å². The Morgan fingerprint density at radius 1 is 0.950 bits per heavy atom. The van der Waals surface area contributed by atoms with Crippen molar-refractivity contribution in [3.05, 3.63) is 131 Å². The fourth-order valence-electron chi connectivity index (χ4n) is 4.63. The highest BCUT2D eigenvalue weighted by molar-refractivity contribution is 6.31. The average Bonchev–Trinajstić information content (AvgIpc) is 3.57. The number of aryl methyl sites for hydroxylation is 1. The van der Waals surface area contributed by atoms with E-state index in [1.165, 1.54) is 0 Å². The summed E-state index contributed by atoms with van der Waals surface area (Å²) in [5.74, 6) is 1.29. The van der Waals surface area contributed by atoms with Crippen molar-refractivity contribution < 1.29 is 4.74 Å². The SMILES string of the molecule is Cn1c(/C(C#N)=C\c2cn(-c3ccccc3)nc2-c2cccc(OCc3ccccc3Cl)c2)nc2ccccc21. The topological polar surface area (TPSA) is 68.7 Å². The lowest BCUT2D eigenvalue weighted by Gasteiger charge is -2.09. The summed E-state index contributed by atoms with van der Waals surface area (Å²) >= 11 is 6.32. The summed E-state index contributed by atoms with van der Waals surface area (Å²) in [6, 6.07) is 35.5. The Labute approximate surface area is 237 Å². The standard InChI is InChI=1S/C33H24ClN5O/c1-38-31-17-8-7-16-30(31)36-33(38)25(20-35)18-26-21-39(27-12-3-2-4-13-27)37-32(26)23-11-9-14-28(19-23)40-22-24-10-5-6-15-29(24)34/h2-19,21H,22H2,1H3/b25-18-. The maximum absolute atomic E-state index is 10.2. The minimum absolute atomic E-state index is 0.347. The highest BCUT2D eigenvalue weighted by Crippen LogP contribution is 2.31. The Balaban J connectivity index is 1.42. The zero-order chi connectivity index (χ0) is 27.5. The molecule has 40 heavy (non-hydrogen) atoms. The summed E-state index contributed by atoms with van der Waals surface area (Å²) in [4.78, 5) is 4.74. The van der Waals surface area contributed by atoms with Crippen LogP contribution >= 0.6 is 11.6 Å². The zero-order valence-electron chi connectivity index (χ0n) is 21.7. The predicted octanol–water partition coefficient (Wildman–Crippen LogP) is 7.72. The number of nitriles is 1. The number of allylic oxidation sites excluding steroid dienone is 1. The molecule has 7 heteroatoms. The van der Waals surface area contributed by atoms with Crippen LogP contribution in [-0.4, -0.2) is 19.3 Å². The molecular weight excluding hydrogens is 518 g/mol. The van der Waals surface area contributed by atoms with Crippen LogP contribution in [0.5, 0.6) is 5.75 Å². The fraction of sp³-hybridized carbons (Fsp3) is 0.0606. The number of benzene rings is 4. The Bertz CT molecular complexity index is 1900. The van der Waals surface area contributed by atoms with Crippen LogP contribution in [0.15, 0.2) is 109 Å². The van der Waals surface area contributed by atoms with Crippen LogP contribution < -0.4 is 4.74 Å².